The van der Waals surface area contributed by atoms with Crippen LogP contribution < -0.4 is 9.64 Å². The molecular weight excluding hydrogens is 416 g/mol. The molecule has 0 spiro atoms. The molecule has 0 bridgehead atoms. The maximum Gasteiger partial charge on any atom is 0.293 e. The van der Waals surface area contributed by atoms with Crippen molar-refractivity contribution in [3.8, 4) is 5.75 Å². The Bertz CT molecular complexity index is 1360. The van der Waals surface area contributed by atoms with Gasteiger partial charge in [-0.25, -0.2) is 0 Å². The van der Waals surface area contributed by atoms with Gasteiger partial charge in [0.25, 0.3) is 5.69 Å². The maximum atomic E-state index is 12.7. The fourth-order valence-corrected chi connectivity index (χ4v) is 3.64. The van der Waals surface area contributed by atoms with Crippen LogP contribution in [0.4, 0.5) is 17.1 Å². The molecule has 0 amide bonds. The second kappa shape index (κ2) is 9.36. The Morgan fingerprint density at radius 2 is 1.67 bits per heavy atom. The summed E-state index contributed by atoms with van der Waals surface area (Å²) in [5, 5.41) is 13.6. The van der Waals surface area contributed by atoms with E-state index in [1.165, 1.54) is 12.1 Å². The Balaban J connectivity index is 1.59. The largest absolute Gasteiger partial charge is 0.497 e. The van der Waals surface area contributed by atoms with Crippen molar-refractivity contribution in [2.24, 2.45) is 0 Å². The summed E-state index contributed by atoms with van der Waals surface area (Å²) in [5.74, 6) is 0.574. The van der Waals surface area contributed by atoms with Crippen LogP contribution in [0.15, 0.2) is 91.0 Å². The van der Waals surface area contributed by atoms with Crippen LogP contribution in [0, 0.1) is 10.1 Å². The van der Waals surface area contributed by atoms with Gasteiger partial charge in [-0.2, -0.15) is 0 Å². The van der Waals surface area contributed by atoms with Crippen molar-refractivity contribution in [3.05, 3.63) is 112 Å². The first-order valence-electron chi connectivity index (χ1n) is 10.3. The average Bonchev–Trinajstić information content (AvgIpc) is 2.86. The molecule has 6 nitrogen and oxygen atoms in total. The third-order valence-corrected chi connectivity index (χ3v) is 5.46. The molecule has 0 aromatic heterocycles. The summed E-state index contributed by atoms with van der Waals surface area (Å²) in [6.07, 6.45) is 3.03. The van der Waals surface area contributed by atoms with Crippen LogP contribution in [0.1, 0.15) is 15.9 Å². The zero-order valence-corrected chi connectivity index (χ0v) is 18.3. The predicted molar refractivity (Wildman–Crippen MR) is 131 cm³/mol. The van der Waals surface area contributed by atoms with E-state index in [0.717, 1.165) is 22.2 Å². The lowest BCUT2D eigenvalue weighted by atomic mass is 10.0. The summed E-state index contributed by atoms with van der Waals surface area (Å²) in [6, 6.07) is 25.5. The number of methoxy groups -OCH3 is 1. The van der Waals surface area contributed by atoms with Gasteiger partial charge in [0.2, 0.25) is 0 Å². The number of nitro groups is 1. The Morgan fingerprint density at radius 3 is 2.39 bits per heavy atom. The van der Waals surface area contributed by atoms with Crippen LogP contribution in [0.5, 0.6) is 5.75 Å². The average molecular weight is 438 g/mol. The fraction of sp³-hybridized carbons (Fsp3) is 0.0741. The topological polar surface area (TPSA) is 72.7 Å². The lowest BCUT2D eigenvalue weighted by molar-refractivity contribution is -0.384. The number of anilines is 2. The van der Waals surface area contributed by atoms with Gasteiger partial charge < -0.3 is 9.64 Å². The van der Waals surface area contributed by atoms with E-state index in [0.29, 0.717) is 16.8 Å². The molecule has 0 aliphatic heterocycles. The quantitative estimate of drug-likeness (QED) is 0.144. The SMILES string of the molecule is COc1ccc2cc(C(=O)C=Cc3ccc(N(C)c4ccccc4)c([N+](=O)[O-])c3)ccc2c1. The molecule has 0 heterocycles. The van der Waals surface area contributed by atoms with E-state index in [4.69, 9.17) is 4.74 Å². The summed E-state index contributed by atoms with van der Waals surface area (Å²) in [6.45, 7) is 0. The molecular formula is C27H22N2O4. The fourth-order valence-electron chi connectivity index (χ4n) is 3.64. The van der Waals surface area contributed by atoms with Gasteiger partial charge in [0, 0.05) is 24.4 Å². The number of para-hydroxylation sites is 1. The van der Waals surface area contributed by atoms with E-state index < -0.39 is 4.92 Å². The number of fused-ring (bicyclic) bond motifs is 1. The van der Waals surface area contributed by atoms with E-state index in [2.05, 4.69) is 0 Å². The monoisotopic (exact) mass is 438 g/mol. The van der Waals surface area contributed by atoms with Gasteiger partial charge in [0.1, 0.15) is 11.4 Å². The van der Waals surface area contributed by atoms with Crippen LogP contribution in [0.3, 0.4) is 0 Å². The number of benzene rings is 4. The van der Waals surface area contributed by atoms with Gasteiger partial charge in [-0.15, -0.1) is 0 Å². The summed E-state index contributed by atoms with van der Waals surface area (Å²) in [7, 11) is 3.40. The molecule has 0 radical (unpaired) electrons. The molecule has 33 heavy (non-hydrogen) atoms. The molecule has 0 atom stereocenters. The summed E-state index contributed by atoms with van der Waals surface area (Å²) in [5.41, 5.74) is 2.40. The van der Waals surface area contributed by atoms with Gasteiger partial charge in [-0.1, -0.05) is 48.5 Å². The van der Waals surface area contributed by atoms with Crippen molar-refractivity contribution in [3.63, 3.8) is 0 Å². The third kappa shape index (κ3) is 4.75. The summed E-state index contributed by atoms with van der Waals surface area (Å²) >= 11 is 0. The highest BCUT2D eigenvalue weighted by Gasteiger charge is 2.18. The lowest BCUT2D eigenvalue weighted by Crippen LogP contribution is -2.11. The Labute approximate surface area is 191 Å². The minimum Gasteiger partial charge on any atom is -0.497 e. The number of hydrogen-bond acceptors (Lipinski definition) is 5. The molecule has 0 aliphatic rings. The van der Waals surface area contributed by atoms with Gasteiger partial charge in [0.05, 0.1) is 12.0 Å². The first kappa shape index (κ1) is 21.8. The second-order valence-corrected chi connectivity index (χ2v) is 7.53. The number of carbonyl (C=O) groups is 1. The van der Waals surface area contributed by atoms with Crippen LogP contribution in [-0.4, -0.2) is 24.9 Å². The highest BCUT2D eigenvalue weighted by Crippen LogP contribution is 2.33. The van der Waals surface area contributed by atoms with Crippen LogP contribution in [0.25, 0.3) is 16.8 Å². The maximum absolute atomic E-state index is 12.7. The number of allylic oxidation sites excluding steroid dienone is 1. The van der Waals surface area contributed by atoms with Crippen molar-refractivity contribution in [1.82, 2.24) is 0 Å². The molecule has 0 N–H and O–H groups in total. The normalized spacial score (nSPS) is 11.0. The number of carbonyl (C=O) groups excluding carboxylic acids is 1. The zero-order valence-electron chi connectivity index (χ0n) is 18.3. The predicted octanol–water partition coefficient (Wildman–Crippen LogP) is 6.42. The van der Waals surface area contributed by atoms with E-state index in [1.54, 1.807) is 43.3 Å². The standard InChI is InChI=1S/C27H22N2O4/c1-28(23-6-4-3-5-7-23)25-14-8-19(16-26(25)29(31)32)9-15-27(30)22-11-10-21-18-24(33-2)13-12-20(21)17-22/h3-18H,1-2H3. The molecule has 6 heteroatoms. The molecule has 0 saturated heterocycles. The number of ether oxygens (including phenoxy) is 1. The number of ketones is 1. The number of hydrogen-bond donors (Lipinski definition) is 0. The molecule has 4 rings (SSSR count). The Kier molecular flexibility index (Phi) is 6.17. The minimum absolute atomic E-state index is 0.0318. The number of nitro benzene ring substituents is 1. The van der Waals surface area contributed by atoms with E-state index in [1.807, 2.05) is 60.7 Å². The first-order chi connectivity index (χ1) is 16.0. The van der Waals surface area contributed by atoms with Crippen LogP contribution in [-0.2, 0) is 0 Å². The van der Waals surface area contributed by atoms with Gasteiger partial charge in [-0.3, -0.25) is 14.9 Å². The molecule has 4 aromatic rings. The van der Waals surface area contributed by atoms with E-state index in [-0.39, 0.29) is 11.5 Å². The smallest absolute Gasteiger partial charge is 0.293 e. The van der Waals surface area contributed by atoms with Gasteiger partial charge in [-0.05, 0) is 58.8 Å². The number of nitrogens with zero attached hydrogens (tertiary/aromatic N) is 2. The van der Waals surface area contributed by atoms with Crippen molar-refractivity contribution in [2.45, 2.75) is 0 Å². The van der Waals surface area contributed by atoms with Gasteiger partial charge in [0.15, 0.2) is 5.78 Å². The van der Waals surface area contributed by atoms with E-state index in [9.17, 15) is 14.9 Å². The second-order valence-electron chi connectivity index (χ2n) is 7.53. The Hall–Kier alpha value is -4.45. The van der Waals surface area contributed by atoms with Crippen molar-refractivity contribution < 1.29 is 14.5 Å². The molecule has 4 aromatic carbocycles. The van der Waals surface area contributed by atoms with Crippen LogP contribution in [0.2, 0.25) is 0 Å². The summed E-state index contributed by atoms with van der Waals surface area (Å²) < 4.78 is 5.23. The highest BCUT2D eigenvalue weighted by molar-refractivity contribution is 6.08. The van der Waals surface area contributed by atoms with Crippen molar-refractivity contribution >= 4 is 39.7 Å². The third-order valence-electron chi connectivity index (χ3n) is 5.46. The minimum atomic E-state index is -0.411. The lowest BCUT2D eigenvalue weighted by Gasteiger charge is -2.19. The Morgan fingerprint density at radius 1 is 0.939 bits per heavy atom. The van der Waals surface area contributed by atoms with Crippen molar-refractivity contribution in [1.29, 1.82) is 0 Å². The molecule has 0 unspecified atom stereocenters. The summed E-state index contributed by atoms with van der Waals surface area (Å²) in [4.78, 5) is 25.8. The molecule has 0 fully saturated rings. The van der Waals surface area contributed by atoms with Gasteiger partial charge >= 0.3 is 0 Å². The molecule has 164 valence electrons. The first-order valence-corrected chi connectivity index (χ1v) is 10.3. The van der Waals surface area contributed by atoms with Crippen LogP contribution >= 0.6 is 0 Å². The molecule has 0 saturated carbocycles. The highest BCUT2D eigenvalue weighted by atomic mass is 16.6. The van der Waals surface area contributed by atoms with E-state index >= 15 is 0 Å². The molecule has 0 aliphatic carbocycles. The van der Waals surface area contributed by atoms with Crippen molar-refractivity contribution in [2.75, 3.05) is 19.1 Å². The zero-order chi connectivity index (χ0) is 23.4. The number of rotatable bonds is 7.